The van der Waals surface area contributed by atoms with Crippen molar-refractivity contribution in [2.45, 2.75) is 26.2 Å². The summed E-state index contributed by atoms with van der Waals surface area (Å²) in [5.41, 5.74) is 0.814. The van der Waals surface area contributed by atoms with Gasteiger partial charge in [-0.3, -0.25) is 4.79 Å². The molecule has 1 amide bonds. The van der Waals surface area contributed by atoms with Crippen LogP contribution in [0.5, 0.6) is 0 Å². The van der Waals surface area contributed by atoms with Gasteiger partial charge in [0.2, 0.25) is 5.91 Å². The number of nitrogens with zero attached hydrogens (tertiary/aromatic N) is 3. The van der Waals surface area contributed by atoms with Crippen molar-refractivity contribution in [3.8, 4) is 0 Å². The predicted octanol–water partition coefficient (Wildman–Crippen LogP) is 2.26. The molecule has 1 N–H and O–H groups in total. The van der Waals surface area contributed by atoms with Gasteiger partial charge in [-0.05, 0) is 19.1 Å². The minimum Gasteiger partial charge on any atom is -0.326 e. The smallest absolute Gasteiger partial charge is 0.225 e. The third-order valence-electron chi connectivity index (χ3n) is 3.12. The molecule has 0 saturated carbocycles. The number of carbonyl (C=O) groups excluding carboxylic acids is 1. The lowest BCUT2D eigenvalue weighted by Crippen LogP contribution is -2.16. The van der Waals surface area contributed by atoms with E-state index in [0.29, 0.717) is 6.42 Å². The second kappa shape index (κ2) is 5.65. The number of nitrogens with one attached hydrogen (secondary N) is 1. The number of benzene rings is 1. The highest BCUT2D eigenvalue weighted by Gasteiger charge is 2.17. The van der Waals surface area contributed by atoms with Crippen LogP contribution in [0, 0.1) is 6.92 Å². The number of aryl methyl sites for hydroxylation is 1. The van der Waals surface area contributed by atoms with Crippen LogP contribution >= 0.6 is 0 Å². The number of hydrogen-bond donors (Lipinski definition) is 1. The van der Waals surface area contributed by atoms with E-state index in [1.54, 1.807) is 0 Å². The maximum atomic E-state index is 11.9. The molecule has 0 spiro atoms. The highest BCUT2D eigenvalue weighted by molar-refractivity contribution is 5.91. The van der Waals surface area contributed by atoms with Crippen molar-refractivity contribution in [1.29, 1.82) is 0 Å². The molecular formula is C14H18N4O. The molecule has 5 heteroatoms. The Bertz CT molecular complexity index is 562. The summed E-state index contributed by atoms with van der Waals surface area (Å²) in [4.78, 5) is 11.9. The van der Waals surface area contributed by atoms with Crippen molar-refractivity contribution in [3.63, 3.8) is 0 Å². The number of amides is 1. The fourth-order valence-corrected chi connectivity index (χ4v) is 1.96. The first-order chi connectivity index (χ1) is 9.08. The Kier molecular flexibility index (Phi) is 3.94. The van der Waals surface area contributed by atoms with Gasteiger partial charge in [0.05, 0.1) is 0 Å². The molecule has 0 aliphatic carbocycles. The predicted molar refractivity (Wildman–Crippen MR) is 73.8 cm³/mol. The molecule has 0 radical (unpaired) electrons. The highest BCUT2D eigenvalue weighted by atomic mass is 16.1. The summed E-state index contributed by atoms with van der Waals surface area (Å²) >= 11 is 0. The standard InChI is InChI=1S/C14H18N4O/c1-10(14-17-16-11(2)18(14)3)9-13(19)15-12-7-5-4-6-8-12/h4-8,10H,9H2,1-3H3,(H,15,19)/t10-/m0/s1. The van der Waals surface area contributed by atoms with E-state index in [4.69, 9.17) is 0 Å². The van der Waals surface area contributed by atoms with E-state index in [0.717, 1.165) is 17.3 Å². The van der Waals surface area contributed by atoms with E-state index in [2.05, 4.69) is 15.5 Å². The minimum atomic E-state index is -0.0145. The SMILES string of the molecule is Cc1nnc([C@@H](C)CC(=O)Nc2ccccc2)n1C. The van der Waals surface area contributed by atoms with Crippen LogP contribution in [0.1, 0.15) is 30.9 Å². The van der Waals surface area contributed by atoms with Gasteiger partial charge in [0.1, 0.15) is 11.6 Å². The molecule has 100 valence electrons. The van der Waals surface area contributed by atoms with Crippen LogP contribution < -0.4 is 5.32 Å². The molecule has 0 aliphatic rings. The second-order valence-corrected chi connectivity index (χ2v) is 4.68. The molecule has 2 aromatic rings. The van der Waals surface area contributed by atoms with Gasteiger partial charge in [-0.2, -0.15) is 0 Å². The molecule has 0 saturated heterocycles. The van der Waals surface area contributed by atoms with Gasteiger partial charge in [0.25, 0.3) is 0 Å². The van der Waals surface area contributed by atoms with Gasteiger partial charge in [-0.25, -0.2) is 0 Å². The van der Waals surface area contributed by atoms with Crippen molar-refractivity contribution in [2.24, 2.45) is 7.05 Å². The number of carbonyl (C=O) groups is 1. The van der Waals surface area contributed by atoms with E-state index in [9.17, 15) is 4.79 Å². The lowest BCUT2D eigenvalue weighted by Gasteiger charge is -2.11. The third kappa shape index (κ3) is 3.19. The van der Waals surface area contributed by atoms with Crippen LogP contribution in [-0.2, 0) is 11.8 Å². The van der Waals surface area contributed by atoms with Gasteiger partial charge in [-0.1, -0.05) is 25.1 Å². The average Bonchev–Trinajstić information content (AvgIpc) is 2.71. The van der Waals surface area contributed by atoms with Gasteiger partial charge in [-0.15, -0.1) is 10.2 Å². The molecule has 1 aromatic heterocycles. The number of anilines is 1. The van der Waals surface area contributed by atoms with Crippen LogP contribution in [0.3, 0.4) is 0 Å². The molecule has 1 heterocycles. The number of hydrogen-bond acceptors (Lipinski definition) is 3. The summed E-state index contributed by atoms with van der Waals surface area (Å²) in [7, 11) is 1.91. The van der Waals surface area contributed by atoms with Crippen LogP contribution in [-0.4, -0.2) is 20.7 Å². The number of aromatic nitrogens is 3. The van der Waals surface area contributed by atoms with Gasteiger partial charge in [0.15, 0.2) is 0 Å². The summed E-state index contributed by atoms with van der Waals surface area (Å²) < 4.78 is 1.92. The number of para-hydroxylation sites is 1. The van der Waals surface area contributed by atoms with Crippen molar-refractivity contribution in [3.05, 3.63) is 42.0 Å². The average molecular weight is 258 g/mol. The minimum absolute atomic E-state index is 0.0145. The molecule has 1 atom stereocenters. The monoisotopic (exact) mass is 258 g/mol. The molecule has 0 bridgehead atoms. The summed E-state index contributed by atoms with van der Waals surface area (Å²) in [6.45, 7) is 3.88. The summed E-state index contributed by atoms with van der Waals surface area (Å²) in [6.07, 6.45) is 0.390. The van der Waals surface area contributed by atoms with Crippen molar-refractivity contribution >= 4 is 11.6 Å². The molecular weight excluding hydrogens is 240 g/mol. The molecule has 0 unspecified atom stereocenters. The first kappa shape index (κ1) is 13.3. The lowest BCUT2D eigenvalue weighted by atomic mass is 10.1. The maximum Gasteiger partial charge on any atom is 0.225 e. The Balaban J connectivity index is 1.97. The Hall–Kier alpha value is -2.17. The summed E-state index contributed by atoms with van der Waals surface area (Å²) in [6, 6.07) is 9.45. The zero-order chi connectivity index (χ0) is 13.8. The third-order valence-corrected chi connectivity index (χ3v) is 3.12. The zero-order valence-corrected chi connectivity index (χ0v) is 11.4. The molecule has 5 nitrogen and oxygen atoms in total. The van der Waals surface area contributed by atoms with E-state index >= 15 is 0 Å². The van der Waals surface area contributed by atoms with Crippen molar-refractivity contribution in [1.82, 2.24) is 14.8 Å². The molecule has 0 aliphatic heterocycles. The van der Waals surface area contributed by atoms with E-state index in [1.165, 1.54) is 0 Å². The zero-order valence-electron chi connectivity index (χ0n) is 11.4. The molecule has 2 rings (SSSR count). The van der Waals surface area contributed by atoms with E-state index in [-0.39, 0.29) is 11.8 Å². The van der Waals surface area contributed by atoms with Crippen LogP contribution in [0.25, 0.3) is 0 Å². The van der Waals surface area contributed by atoms with E-state index in [1.807, 2.05) is 55.8 Å². The Morgan fingerprint density at radius 2 is 2.00 bits per heavy atom. The first-order valence-corrected chi connectivity index (χ1v) is 6.28. The van der Waals surface area contributed by atoms with Gasteiger partial charge in [0, 0.05) is 25.1 Å². The van der Waals surface area contributed by atoms with Crippen LogP contribution in [0.2, 0.25) is 0 Å². The topological polar surface area (TPSA) is 59.8 Å². The highest BCUT2D eigenvalue weighted by Crippen LogP contribution is 2.18. The fraction of sp³-hybridized carbons (Fsp3) is 0.357. The quantitative estimate of drug-likeness (QED) is 0.915. The first-order valence-electron chi connectivity index (χ1n) is 6.28. The Morgan fingerprint density at radius 3 is 2.58 bits per heavy atom. The van der Waals surface area contributed by atoms with Crippen molar-refractivity contribution < 1.29 is 4.79 Å². The van der Waals surface area contributed by atoms with Gasteiger partial charge < -0.3 is 9.88 Å². The normalized spacial score (nSPS) is 12.2. The van der Waals surface area contributed by atoms with Crippen molar-refractivity contribution in [2.75, 3.05) is 5.32 Å². The molecule has 0 fully saturated rings. The number of rotatable bonds is 4. The van der Waals surface area contributed by atoms with E-state index < -0.39 is 0 Å². The molecule has 19 heavy (non-hydrogen) atoms. The summed E-state index contributed by atoms with van der Waals surface area (Å²) in [5, 5.41) is 11.0. The fourth-order valence-electron chi connectivity index (χ4n) is 1.96. The maximum absolute atomic E-state index is 11.9. The van der Waals surface area contributed by atoms with Crippen LogP contribution in [0.4, 0.5) is 5.69 Å². The lowest BCUT2D eigenvalue weighted by molar-refractivity contribution is -0.116. The largest absolute Gasteiger partial charge is 0.326 e. The van der Waals surface area contributed by atoms with Crippen LogP contribution in [0.15, 0.2) is 30.3 Å². The molecule has 1 aromatic carbocycles. The second-order valence-electron chi connectivity index (χ2n) is 4.68. The van der Waals surface area contributed by atoms with Gasteiger partial charge >= 0.3 is 0 Å². The Labute approximate surface area is 112 Å². The Morgan fingerprint density at radius 1 is 1.32 bits per heavy atom. The summed E-state index contributed by atoms with van der Waals surface area (Å²) in [5.74, 6) is 1.71.